The fourth-order valence-corrected chi connectivity index (χ4v) is 1.30. The standard InChI is InChI=1S/C10H14O.Na/c1-7(2)10-5-4-9(11)6-8(10)3;/h4-7,11H,1-3H3;/q;+1/p-1. The van der Waals surface area contributed by atoms with Gasteiger partial charge in [-0.15, -0.1) is 5.75 Å². The van der Waals surface area contributed by atoms with Gasteiger partial charge in [0.15, 0.2) is 0 Å². The number of aryl methyl sites for hydroxylation is 1. The van der Waals surface area contributed by atoms with E-state index in [0.29, 0.717) is 5.92 Å². The topological polar surface area (TPSA) is 23.1 Å². The first-order chi connectivity index (χ1) is 5.11. The van der Waals surface area contributed by atoms with Crippen LogP contribution in [0.3, 0.4) is 0 Å². The number of benzene rings is 1. The summed E-state index contributed by atoms with van der Waals surface area (Å²) < 4.78 is 0. The van der Waals surface area contributed by atoms with Gasteiger partial charge in [0, 0.05) is 0 Å². The van der Waals surface area contributed by atoms with Crippen LogP contribution in [0.5, 0.6) is 5.75 Å². The maximum absolute atomic E-state index is 10.9. The number of rotatable bonds is 1. The summed E-state index contributed by atoms with van der Waals surface area (Å²) in [7, 11) is 0. The Labute approximate surface area is 96.1 Å². The molecule has 1 rings (SSSR count). The van der Waals surface area contributed by atoms with Crippen LogP contribution in [-0.2, 0) is 0 Å². The monoisotopic (exact) mass is 172 g/mol. The Hall–Kier alpha value is 0.0200. The van der Waals surface area contributed by atoms with E-state index in [1.165, 1.54) is 5.56 Å². The normalized spacial score (nSPS) is 9.67. The summed E-state index contributed by atoms with van der Waals surface area (Å²) in [4.78, 5) is 0. The third kappa shape index (κ3) is 2.81. The van der Waals surface area contributed by atoms with Crippen LogP contribution in [0.1, 0.15) is 30.9 Å². The minimum Gasteiger partial charge on any atom is -0.872 e. The zero-order valence-corrected chi connectivity index (χ0v) is 10.2. The summed E-state index contributed by atoms with van der Waals surface area (Å²) in [6, 6.07) is 5.24. The molecule has 0 heterocycles. The molecular weight excluding hydrogens is 159 g/mol. The second kappa shape index (κ2) is 4.90. The minimum atomic E-state index is 0. The molecule has 0 spiro atoms. The maximum atomic E-state index is 10.9. The van der Waals surface area contributed by atoms with Crippen LogP contribution < -0.4 is 34.7 Å². The summed E-state index contributed by atoms with van der Waals surface area (Å²) >= 11 is 0. The van der Waals surface area contributed by atoms with Crippen molar-refractivity contribution in [3.8, 4) is 5.75 Å². The Morgan fingerprint density at radius 3 is 2.25 bits per heavy atom. The van der Waals surface area contributed by atoms with Gasteiger partial charge in [-0.05, 0) is 24.0 Å². The van der Waals surface area contributed by atoms with E-state index in [1.807, 2.05) is 13.0 Å². The molecule has 0 aliphatic carbocycles. The van der Waals surface area contributed by atoms with E-state index >= 15 is 0 Å². The largest absolute Gasteiger partial charge is 1.00 e. The van der Waals surface area contributed by atoms with Crippen LogP contribution in [0.15, 0.2) is 18.2 Å². The summed E-state index contributed by atoms with van der Waals surface area (Å²) in [5, 5.41) is 10.9. The van der Waals surface area contributed by atoms with Gasteiger partial charge >= 0.3 is 29.6 Å². The molecule has 0 fully saturated rings. The minimum absolute atomic E-state index is 0. The van der Waals surface area contributed by atoms with Gasteiger partial charge in [-0.3, -0.25) is 0 Å². The number of hydrogen-bond donors (Lipinski definition) is 0. The van der Waals surface area contributed by atoms with Gasteiger partial charge in [0.1, 0.15) is 0 Å². The molecule has 0 aliphatic rings. The Balaban J connectivity index is 0.00000121. The average molecular weight is 172 g/mol. The van der Waals surface area contributed by atoms with E-state index in [0.717, 1.165) is 5.56 Å². The maximum Gasteiger partial charge on any atom is 1.00 e. The molecule has 0 aliphatic heterocycles. The van der Waals surface area contributed by atoms with Gasteiger partial charge in [0.2, 0.25) is 0 Å². The van der Waals surface area contributed by atoms with Crippen molar-refractivity contribution in [2.24, 2.45) is 0 Å². The SMILES string of the molecule is Cc1cc([O-])ccc1C(C)C.[Na+]. The van der Waals surface area contributed by atoms with Gasteiger partial charge in [-0.25, -0.2) is 0 Å². The van der Waals surface area contributed by atoms with Crippen molar-refractivity contribution in [2.45, 2.75) is 26.7 Å². The molecule has 0 saturated carbocycles. The van der Waals surface area contributed by atoms with E-state index in [4.69, 9.17) is 0 Å². The Bertz CT molecular complexity index is 256. The first kappa shape index (κ1) is 12.0. The fraction of sp³-hybridized carbons (Fsp3) is 0.400. The Morgan fingerprint density at radius 1 is 1.25 bits per heavy atom. The average Bonchev–Trinajstić information content (AvgIpc) is 1.85. The van der Waals surface area contributed by atoms with Crippen LogP contribution in [0.25, 0.3) is 0 Å². The van der Waals surface area contributed by atoms with Crippen LogP contribution in [0.4, 0.5) is 0 Å². The van der Waals surface area contributed by atoms with Crippen LogP contribution >= 0.6 is 0 Å². The molecule has 1 aromatic rings. The van der Waals surface area contributed by atoms with E-state index < -0.39 is 0 Å². The molecule has 0 aromatic heterocycles. The van der Waals surface area contributed by atoms with Gasteiger partial charge in [-0.2, -0.15) is 0 Å². The first-order valence-corrected chi connectivity index (χ1v) is 3.89. The number of hydrogen-bond acceptors (Lipinski definition) is 1. The molecule has 2 heteroatoms. The van der Waals surface area contributed by atoms with Crippen molar-refractivity contribution in [3.05, 3.63) is 29.3 Å². The van der Waals surface area contributed by atoms with Crippen molar-refractivity contribution in [3.63, 3.8) is 0 Å². The summed E-state index contributed by atoms with van der Waals surface area (Å²) in [6.07, 6.45) is 0. The predicted molar refractivity (Wildman–Crippen MR) is 44.7 cm³/mol. The summed E-state index contributed by atoms with van der Waals surface area (Å²) in [6.45, 7) is 6.25. The van der Waals surface area contributed by atoms with Gasteiger partial charge in [0.05, 0.1) is 0 Å². The fourth-order valence-electron chi connectivity index (χ4n) is 1.30. The van der Waals surface area contributed by atoms with E-state index in [1.54, 1.807) is 12.1 Å². The summed E-state index contributed by atoms with van der Waals surface area (Å²) in [5.41, 5.74) is 2.37. The first-order valence-electron chi connectivity index (χ1n) is 3.89. The van der Waals surface area contributed by atoms with Crippen LogP contribution in [0, 0.1) is 6.92 Å². The molecular formula is C10H13NaO. The molecule has 1 nitrogen and oxygen atoms in total. The zero-order valence-electron chi connectivity index (χ0n) is 8.22. The Kier molecular flexibility index (Phi) is 4.91. The van der Waals surface area contributed by atoms with Crippen LogP contribution in [0.2, 0.25) is 0 Å². The van der Waals surface area contributed by atoms with Crippen molar-refractivity contribution < 1.29 is 34.7 Å². The quantitative estimate of drug-likeness (QED) is 0.508. The molecule has 1 aromatic carbocycles. The second-order valence-electron chi connectivity index (χ2n) is 3.17. The van der Waals surface area contributed by atoms with E-state index in [-0.39, 0.29) is 35.3 Å². The zero-order chi connectivity index (χ0) is 8.43. The van der Waals surface area contributed by atoms with Crippen molar-refractivity contribution in [1.29, 1.82) is 0 Å². The van der Waals surface area contributed by atoms with Gasteiger partial charge < -0.3 is 5.11 Å². The molecule has 0 amide bonds. The Morgan fingerprint density at radius 2 is 1.83 bits per heavy atom. The molecule has 0 radical (unpaired) electrons. The summed E-state index contributed by atoms with van der Waals surface area (Å²) in [5.74, 6) is 0.613. The van der Waals surface area contributed by atoms with E-state index in [2.05, 4.69) is 13.8 Å². The molecule has 0 saturated heterocycles. The molecule has 0 unspecified atom stereocenters. The third-order valence-electron chi connectivity index (χ3n) is 1.86. The van der Waals surface area contributed by atoms with Gasteiger partial charge in [0.25, 0.3) is 0 Å². The van der Waals surface area contributed by atoms with Crippen LogP contribution in [-0.4, -0.2) is 0 Å². The second-order valence-corrected chi connectivity index (χ2v) is 3.17. The molecule has 0 atom stereocenters. The van der Waals surface area contributed by atoms with Crippen molar-refractivity contribution in [1.82, 2.24) is 0 Å². The molecule has 0 bridgehead atoms. The van der Waals surface area contributed by atoms with Crippen molar-refractivity contribution in [2.75, 3.05) is 0 Å². The van der Waals surface area contributed by atoms with E-state index in [9.17, 15) is 5.11 Å². The third-order valence-corrected chi connectivity index (χ3v) is 1.86. The predicted octanol–water partition coefficient (Wildman–Crippen LogP) is -0.804. The molecule has 60 valence electrons. The smallest absolute Gasteiger partial charge is 0.872 e. The molecule has 12 heavy (non-hydrogen) atoms. The molecule has 0 N–H and O–H groups in total. The van der Waals surface area contributed by atoms with Gasteiger partial charge in [-0.1, -0.05) is 32.0 Å². The van der Waals surface area contributed by atoms with Crippen molar-refractivity contribution >= 4 is 0 Å².